The standard InChI is InChI=1S/C19H20F3N3O3/c1-25(2)13-9-7-12(8-10-13)16(26)11-23-17(27)18(28)24-15-6-4-3-5-14(15)19(20,21)22/h3-10,16,26H,11H2,1-2H3,(H,23,27)(H,24,28). The van der Waals surface area contributed by atoms with Crippen molar-refractivity contribution in [3.8, 4) is 0 Å². The summed E-state index contributed by atoms with van der Waals surface area (Å²) in [5.41, 5.74) is -0.136. The summed E-state index contributed by atoms with van der Waals surface area (Å²) >= 11 is 0. The summed E-state index contributed by atoms with van der Waals surface area (Å²) in [4.78, 5) is 25.6. The van der Waals surface area contributed by atoms with Gasteiger partial charge in [-0.05, 0) is 29.8 Å². The number of carbonyl (C=O) groups is 2. The van der Waals surface area contributed by atoms with Crippen LogP contribution in [0.5, 0.6) is 0 Å². The highest BCUT2D eigenvalue weighted by Gasteiger charge is 2.34. The molecule has 0 saturated carbocycles. The van der Waals surface area contributed by atoms with Gasteiger partial charge in [0.25, 0.3) is 0 Å². The van der Waals surface area contributed by atoms with Gasteiger partial charge in [-0.2, -0.15) is 13.2 Å². The van der Waals surface area contributed by atoms with Crippen LogP contribution in [0.1, 0.15) is 17.2 Å². The molecule has 1 unspecified atom stereocenters. The number of halogens is 3. The molecule has 150 valence electrons. The van der Waals surface area contributed by atoms with E-state index in [4.69, 9.17) is 0 Å². The van der Waals surface area contributed by atoms with Crippen molar-refractivity contribution >= 4 is 23.2 Å². The zero-order valence-corrected chi connectivity index (χ0v) is 15.2. The van der Waals surface area contributed by atoms with Gasteiger partial charge in [0.15, 0.2) is 0 Å². The number of nitrogens with one attached hydrogen (secondary N) is 2. The molecule has 0 aliphatic heterocycles. The molecule has 2 aromatic carbocycles. The first-order chi connectivity index (χ1) is 13.1. The van der Waals surface area contributed by atoms with Crippen LogP contribution in [0, 0.1) is 0 Å². The molecule has 6 nitrogen and oxygen atoms in total. The molecular weight excluding hydrogens is 375 g/mol. The maximum atomic E-state index is 12.9. The topological polar surface area (TPSA) is 81.7 Å². The summed E-state index contributed by atoms with van der Waals surface area (Å²) < 4.78 is 38.8. The molecule has 28 heavy (non-hydrogen) atoms. The first-order valence-electron chi connectivity index (χ1n) is 8.30. The van der Waals surface area contributed by atoms with Crippen LogP contribution >= 0.6 is 0 Å². The number of alkyl halides is 3. The highest BCUT2D eigenvalue weighted by molar-refractivity contribution is 6.39. The summed E-state index contributed by atoms with van der Waals surface area (Å²) in [6.07, 6.45) is -5.75. The normalized spacial score (nSPS) is 12.2. The number of para-hydroxylation sites is 1. The third-order valence-electron chi connectivity index (χ3n) is 3.94. The molecule has 3 N–H and O–H groups in total. The fourth-order valence-electron chi connectivity index (χ4n) is 2.40. The summed E-state index contributed by atoms with van der Waals surface area (Å²) in [7, 11) is 3.72. The van der Waals surface area contributed by atoms with E-state index in [0.717, 1.165) is 17.8 Å². The summed E-state index contributed by atoms with van der Waals surface area (Å²) in [6, 6.07) is 11.2. The lowest BCUT2D eigenvalue weighted by atomic mass is 10.1. The summed E-state index contributed by atoms with van der Waals surface area (Å²) in [5, 5.41) is 14.3. The van der Waals surface area contributed by atoms with Gasteiger partial charge in [0, 0.05) is 26.3 Å². The molecule has 0 radical (unpaired) electrons. The van der Waals surface area contributed by atoms with Crippen LogP contribution in [0.4, 0.5) is 24.5 Å². The van der Waals surface area contributed by atoms with E-state index in [9.17, 15) is 27.9 Å². The van der Waals surface area contributed by atoms with Crippen molar-refractivity contribution < 1.29 is 27.9 Å². The minimum absolute atomic E-state index is 0.269. The van der Waals surface area contributed by atoms with E-state index in [1.807, 2.05) is 24.3 Å². The van der Waals surface area contributed by atoms with Gasteiger partial charge in [-0.15, -0.1) is 0 Å². The number of hydrogen-bond donors (Lipinski definition) is 3. The van der Waals surface area contributed by atoms with E-state index in [1.54, 1.807) is 24.3 Å². The Morgan fingerprint density at radius 3 is 2.21 bits per heavy atom. The predicted molar refractivity (Wildman–Crippen MR) is 98.8 cm³/mol. The molecule has 1 atom stereocenters. The summed E-state index contributed by atoms with van der Waals surface area (Å²) in [6.45, 7) is -0.269. The first-order valence-corrected chi connectivity index (χ1v) is 8.30. The number of amides is 2. The third kappa shape index (κ3) is 5.46. The highest BCUT2D eigenvalue weighted by atomic mass is 19.4. The monoisotopic (exact) mass is 395 g/mol. The fraction of sp³-hybridized carbons (Fsp3) is 0.263. The van der Waals surface area contributed by atoms with Gasteiger partial charge in [0.05, 0.1) is 17.4 Å². The van der Waals surface area contributed by atoms with Crippen molar-refractivity contribution in [2.24, 2.45) is 0 Å². The Bertz CT molecular complexity index is 836. The molecule has 0 aliphatic carbocycles. The number of hydrogen-bond acceptors (Lipinski definition) is 4. The second-order valence-corrected chi connectivity index (χ2v) is 6.21. The van der Waals surface area contributed by atoms with Gasteiger partial charge in [-0.1, -0.05) is 24.3 Å². The van der Waals surface area contributed by atoms with Gasteiger partial charge in [-0.3, -0.25) is 9.59 Å². The third-order valence-corrected chi connectivity index (χ3v) is 3.94. The van der Waals surface area contributed by atoms with Crippen molar-refractivity contribution in [3.05, 3.63) is 59.7 Å². The van der Waals surface area contributed by atoms with Gasteiger partial charge < -0.3 is 20.6 Å². The van der Waals surface area contributed by atoms with Crippen LogP contribution in [0.2, 0.25) is 0 Å². The molecule has 2 aromatic rings. The number of aliphatic hydroxyl groups excluding tert-OH is 1. The molecule has 0 heterocycles. The predicted octanol–water partition coefficient (Wildman–Crippen LogP) is 2.56. The van der Waals surface area contributed by atoms with Crippen LogP contribution in [-0.4, -0.2) is 37.6 Å². The number of nitrogens with zero attached hydrogens (tertiary/aromatic N) is 1. The van der Waals surface area contributed by atoms with Crippen molar-refractivity contribution in [2.45, 2.75) is 12.3 Å². The van der Waals surface area contributed by atoms with Gasteiger partial charge in [-0.25, -0.2) is 0 Å². The lowest BCUT2D eigenvalue weighted by molar-refractivity contribution is -0.138. The number of rotatable bonds is 5. The van der Waals surface area contributed by atoms with Gasteiger partial charge >= 0.3 is 18.0 Å². The average molecular weight is 395 g/mol. The quantitative estimate of drug-likeness (QED) is 0.680. The van der Waals surface area contributed by atoms with E-state index in [2.05, 4.69) is 5.32 Å². The second-order valence-electron chi connectivity index (χ2n) is 6.21. The Balaban J connectivity index is 1.95. The molecule has 0 aromatic heterocycles. The Hall–Kier alpha value is -3.07. The molecule has 2 amide bonds. The van der Waals surface area contributed by atoms with Gasteiger partial charge in [0.1, 0.15) is 0 Å². The molecule has 9 heteroatoms. The average Bonchev–Trinajstić information content (AvgIpc) is 2.65. The first kappa shape index (κ1) is 21.2. The molecule has 0 bridgehead atoms. The zero-order chi connectivity index (χ0) is 20.9. The van der Waals surface area contributed by atoms with Gasteiger partial charge in [0.2, 0.25) is 0 Å². The summed E-state index contributed by atoms with van der Waals surface area (Å²) in [5.74, 6) is -2.41. The maximum absolute atomic E-state index is 12.9. The minimum Gasteiger partial charge on any atom is -0.387 e. The van der Waals surface area contributed by atoms with Crippen LogP contribution in [0.15, 0.2) is 48.5 Å². The number of benzene rings is 2. The molecule has 0 aliphatic rings. The van der Waals surface area contributed by atoms with E-state index in [1.165, 1.54) is 12.1 Å². The van der Waals surface area contributed by atoms with Crippen molar-refractivity contribution in [1.29, 1.82) is 0 Å². The van der Waals surface area contributed by atoms with Crippen LogP contribution < -0.4 is 15.5 Å². The van der Waals surface area contributed by atoms with E-state index in [-0.39, 0.29) is 6.54 Å². The number of anilines is 2. The van der Waals surface area contributed by atoms with Crippen LogP contribution in [-0.2, 0) is 15.8 Å². The Morgan fingerprint density at radius 2 is 1.64 bits per heavy atom. The Kier molecular flexibility index (Phi) is 6.63. The smallest absolute Gasteiger partial charge is 0.387 e. The fourth-order valence-corrected chi connectivity index (χ4v) is 2.40. The second kappa shape index (κ2) is 8.75. The van der Waals surface area contributed by atoms with Crippen LogP contribution in [0.25, 0.3) is 0 Å². The van der Waals surface area contributed by atoms with E-state index < -0.39 is 35.3 Å². The van der Waals surface area contributed by atoms with Crippen molar-refractivity contribution in [1.82, 2.24) is 5.32 Å². The minimum atomic E-state index is -4.67. The van der Waals surface area contributed by atoms with E-state index >= 15 is 0 Å². The SMILES string of the molecule is CN(C)c1ccc(C(O)CNC(=O)C(=O)Nc2ccccc2C(F)(F)F)cc1. The molecule has 0 saturated heterocycles. The maximum Gasteiger partial charge on any atom is 0.418 e. The zero-order valence-electron chi connectivity index (χ0n) is 15.2. The number of carbonyl (C=O) groups excluding carboxylic acids is 2. The molecule has 0 spiro atoms. The molecule has 2 rings (SSSR count). The lowest BCUT2D eigenvalue weighted by Gasteiger charge is -2.16. The molecular formula is C19H20F3N3O3. The Labute approximate surface area is 160 Å². The van der Waals surface area contributed by atoms with Crippen molar-refractivity contribution in [2.75, 3.05) is 30.9 Å². The lowest BCUT2D eigenvalue weighted by Crippen LogP contribution is -2.38. The van der Waals surface area contributed by atoms with Crippen molar-refractivity contribution in [3.63, 3.8) is 0 Å². The molecule has 0 fully saturated rings. The largest absolute Gasteiger partial charge is 0.418 e. The van der Waals surface area contributed by atoms with E-state index in [0.29, 0.717) is 5.56 Å². The number of aliphatic hydroxyl groups is 1. The van der Waals surface area contributed by atoms with Crippen LogP contribution in [0.3, 0.4) is 0 Å². The highest BCUT2D eigenvalue weighted by Crippen LogP contribution is 2.34. The Morgan fingerprint density at radius 1 is 1.04 bits per heavy atom.